The molecule has 18 heteroatoms. The molecular weight excluding hydrogens is 633 g/mol. The number of fused-ring (bicyclic) bond motifs is 1. The largest absolute Gasteiger partial charge is 0.476 e. The average Bonchev–Trinajstić information content (AvgIpc) is 3.56. The highest BCUT2D eigenvalue weighted by Crippen LogP contribution is 2.51. The van der Waals surface area contributed by atoms with Gasteiger partial charge in [0.25, 0.3) is 0 Å². The van der Waals surface area contributed by atoms with Crippen molar-refractivity contribution >= 4 is 30.8 Å². The minimum absolute atomic E-state index is 0.0949. The molecule has 2 aromatic heterocycles. The predicted octanol–water partition coefficient (Wildman–Crippen LogP) is 4.75. The molecule has 1 aliphatic rings. The summed E-state index contributed by atoms with van der Waals surface area (Å²) in [5.74, 6) is -0.603. The van der Waals surface area contributed by atoms with E-state index in [9.17, 15) is 20.0 Å². The Morgan fingerprint density at radius 2 is 2.02 bits per heavy atom. The van der Waals surface area contributed by atoms with Crippen LogP contribution in [0.2, 0.25) is 0 Å². The second-order valence-corrected chi connectivity index (χ2v) is 12.8. The van der Waals surface area contributed by atoms with Crippen LogP contribution in [0, 0.1) is 0 Å². The molecule has 1 unspecified atom stereocenters. The quantitative estimate of drug-likeness (QED) is 0.0577. The molecule has 3 heterocycles. The lowest BCUT2D eigenvalue weighted by Crippen LogP contribution is -2.43. The van der Waals surface area contributed by atoms with Crippen LogP contribution in [0.3, 0.4) is 0 Å². The lowest BCUT2D eigenvalue weighted by atomic mass is 9.93. The molecule has 0 spiro atoms. The topological polar surface area (TPSA) is 231 Å². The zero-order valence-corrected chi connectivity index (χ0v) is 27.9. The molecule has 7 atom stereocenters. The fourth-order valence-corrected chi connectivity index (χ4v) is 6.91. The molecule has 1 fully saturated rings. The van der Waals surface area contributed by atoms with Crippen molar-refractivity contribution in [2.24, 2.45) is 5.11 Å². The van der Waals surface area contributed by atoms with Gasteiger partial charge in [0.1, 0.15) is 17.7 Å². The van der Waals surface area contributed by atoms with Crippen molar-refractivity contribution in [2.45, 2.75) is 90.0 Å². The van der Waals surface area contributed by atoms with E-state index in [1.807, 2.05) is 37.3 Å². The number of rotatable bonds is 17. The molecule has 0 saturated carbocycles. The van der Waals surface area contributed by atoms with Gasteiger partial charge in [-0.25, -0.2) is 14.6 Å². The van der Waals surface area contributed by atoms with Crippen molar-refractivity contribution in [3.05, 3.63) is 52.7 Å². The fourth-order valence-electron chi connectivity index (χ4n) is 5.23. The third kappa shape index (κ3) is 8.19. The zero-order chi connectivity index (χ0) is 34.2. The maximum absolute atomic E-state index is 14.4. The molecule has 1 aromatic carbocycles. The van der Waals surface area contributed by atoms with Crippen molar-refractivity contribution < 1.29 is 37.7 Å². The molecule has 17 nitrogen and oxygen atoms in total. The highest BCUT2D eigenvalue weighted by molar-refractivity contribution is 7.51. The molecule has 4 rings (SSSR count). The minimum atomic E-state index is -4.31. The number of nitrogens with two attached hydrogens (primary N) is 1. The van der Waals surface area contributed by atoms with E-state index in [1.165, 1.54) is 24.7 Å². The van der Waals surface area contributed by atoms with Crippen molar-refractivity contribution in [1.82, 2.24) is 24.6 Å². The van der Waals surface area contributed by atoms with Gasteiger partial charge in [0.05, 0.1) is 38.4 Å². The van der Waals surface area contributed by atoms with Gasteiger partial charge in [-0.1, -0.05) is 55.2 Å². The number of nitrogens with zero attached hydrogens (tertiary/aromatic N) is 7. The molecule has 0 radical (unpaired) electrons. The number of benzene rings is 1. The van der Waals surface area contributed by atoms with E-state index >= 15 is 0 Å². The summed E-state index contributed by atoms with van der Waals surface area (Å²) >= 11 is 0. The second-order valence-electron chi connectivity index (χ2n) is 11.1. The number of carbonyl (C=O) groups excluding carboxylic acids is 1. The van der Waals surface area contributed by atoms with Crippen LogP contribution in [0.5, 0.6) is 5.88 Å². The van der Waals surface area contributed by atoms with Crippen molar-refractivity contribution in [2.75, 3.05) is 25.6 Å². The second kappa shape index (κ2) is 15.8. The van der Waals surface area contributed by atoms with Gasteiger partial charge in [-0.15, -0.1) is 0 Å². The molecule has 256 valence electrons. The SMILES string of the molecule is CCCC[C@@H](OP(=O)(N[C@@H](C)C(=O)OCC)OC[C@H]1O[C@@H](n2cnc3c(OCC)nc(N)nc32)[C@](C)(N=[N+]=[N-])[C@@H]1O)c1ccccc1. The van der Waals surface area contributed by atoms with Gasteiger partial charge in [0, 0.05) is 4.91 Å². The van der Waals surface area contributed by atoms with Crippen molar-refractivity contribution in [3.8, 4) is 5.88 Å². The number of ether oxygens (including phenoxy) is 3. The predicted molar refractivity (Wildman–Crippen MR) is 171 cm³/mol. The highest BCUT2D eigenvalue weighted by atomic mass is 31.2. The highest BCUT2D eigenvalue weighted by Gasteiger charge is 2.55. The first-order chi connectivity index (χ1) is 22.5. The normalized spacial score (nSPS) is 23.5. The summed E-state index contributed by atoms with van der Waals surface area (Å²) in [6, 6.07) is 8.17. The third-order valence-electron chi connectivity index (χ3n) is 7.61. The number of hydrogen-bond donors (Lipinski definition) is 3. The first-order valence-corrected chi connectivity index (χ1v) is 17.0. The number of aliphatic hydroxyl groups excluding tert-OH is 1. The van der Waals surface area contributed by atoms with Gasteiger partial charge in [-0.2, -0.15) is 9.97 Å². The Labute approximate surface area is 272 Å². The van der Waals surface area contributed by atoms with E-state index in [-0.39, 0.29) is 29.6 Å². The number of aliphatic hydroxyl groups is 1. The summed E-state index contributed by atoms with van der Waals surface area (Å²) in [6.07, 6.45) is -0.953. The van der Waals surface area contributed by atoms with E-state index in [0.29, 0.717) is 13.0 Å². The van der Waals surface area contributed by atoms with E-state index < -0.39 is 56.4 Å². The van der Waals surface area contributed by atoms with Gasteiger partial charge >= 0.3 is 13.7 Å². The summed E-state index contributed by atoms with van der Waals surface area (Å²) in [7, 11) is -4.31. The molecule has 0 aliphatic carbocycles. The average molecular weight is 676 g/mol. The van der Waals surface area contributed by atoms with Crippen LogP contribution in [-0.2, 0) is 27.9 Å². The standard InChI is InChI=1S/C29H42N9O8P/c1-6-9-15-20(19-13-11-10-12-14-19)46-47(41,35-18(4)26(40)43-8-3)44-16-21-23(39)29(5,36-37-31)27(45-21)38-17-32-22-24(38)33-28(30)34-25(22)42-7-2/h10-14,17-18,20-21,23,27,39H,6-9,15-16H2,1-5H3,(H,35,41)(H2,30,33,34)/t18-,20+,21+,23+,27+,29+,47?/m0/s1. The van der Waals surface area contributed by atoms with Gasteiger partial charge < -0.3 is 25.1 Å². The smallest absolute Gasteiger partial charge is 0.406 e. The van der Waals surface area contributed by atoms with Crippen LogP contribution >= 0.6 is 7.75 Å². The number of aromatic nitrogens is 4. The number of hydrogen-bond acceptors (Lipinski definition) is 13. The number of anilines is 1. The number of imidazole rings is 1. The van der Waals surface area contributed by atoms with E-state index in [1.54, 1.807) is 13.8 Å². The first-order valence-electron chi connectivity index (χ1n) is 15.4. The maximum atomic E-state index is 14.4. The molecule has 1 aliphatic heterocycles. The number of nitrogens with one attached hydrogen (secondary N) is 1. The fraction of sp³-hybridized carbons (Fsp3) is 0.586. The van der Waals surface area contributed by atoms with Crippen LogP contribution in [-0.4, -0.2) is 74.2 Å². The zero-order valence-electron chi connectivity index (χ0n) is 27.1. The summed E-state index contributed by atoms with van der Waals surface area (Å²) < 4.78 is 44.8. The van der Waals surface area contributed by atoms with E-state index in [4.69, 9.17) is 29.0 Å². The number of nitrogen functional groups attached to an aromatic ring is 1. The Bertz CT molecular complexity index is 1610. The molecule has 3 aromatic rings. The number of azide groups is 1. The molecule has 0 bridgehead atoms. The van der Waals surface area contributed by atoms with Crippen molar-refractivity contribution in [3.63, 3.8) is 0 Å². The van der Waals surface area contributed by atoms with Crippen LogP contribution in [0.25, 0.3) is 21.6 Å². The Hall–Kier alpha value is -3.82. The Morgan fingerprint density at radius 1 is 1.28 bits per heavy atom. The number of esters is 1. The number of carbonyl (C=O) groups is 1. The van der Waals surface area contributed by atoms with Gasteiger partial charge in [0.2, 0.25) is 11.8 Å². The van der Waals surface area contributed by atoms with Gasteiger partial charge in [0.15, 0.2) is 17.4 Å². The van der Waals surface area contributed by atoms with E-state index in [0.717, 1.165) is 18.4 Å². The van der Waals surface area contributed by atoms with Gasteiger partial charge in [-0.05, 0) is 45.2 Å². The maximum Gasteiger partial charge on any atom is 0.406 e. The van der Waals surface area contributed by atoms with Crippen LogP contribution in [0.15, 0.2) is 41.8 Å². The van der Waals surface area contributed by atoms with Gasteiger partial charge in [-0.3, -0.25) is 18.4 Å². The van der Waals surface area contributed by atoms with Crippen LogP contribution in [0.1, 0.15) is 71.8 Å². The molecular formula is C29H42N9O8P. The minimum Gasteiger partial charge on any atom is -0.476 e. The number of unbranched alkanes of at least 4 members (excludes halogenated alkanes) is 1. The van der Waals surface area contributed by atoms with Crippen LogP contribution in [0.4, 0.5) is 5.95 Å². The Morgan fingerprint density at radius 3 is 2.68 bits per heavy atom. The van der Waals surface area contributed by atoms with Crippen molar-refractivity contribution in [1.29, 1.82) is 0 Å². The molecule has 47 heavy (non-hydrogen) atoms. The first kappa shape index (κ1) is 36.0. The Balaban J connectivity index is 1.65. The summed E-state index contributed by atoms with van der Waals surface area (Å²) in [5.41, 5.74) is 15.0. The van der Waals surface area contributed by atoms with E-state index in [2.05, 4.69) is 30.1 Å². The Kier molecular flexibility index (Phi) is 12.1. The monoisotopic (exact) mass is 675 g/mol. The van der Waals surface area contributed by atoms with Crippen LogP contribution < -0.4 is 15.6 Å². The molecule has 4 N–H and O–H groups in total. The molecule has 0 amide bonds. The summed E-state index contributed by atoms with van der Waals surface area (Å²) in [4.78, 5) is 28.2. The summed E-state index contributed by atoms with van der Waals surface area (Å²) in [5, 5.41) is 18.0. The third-order valence-corrected chi connectivity index (χ3v) is 9.34. The molecule has 1 saturated heterocycles. The lowest BCUT2D eigenvalue weighted by molar-refractivity contribution is -0.144. The summed E-state index contributed by atoms with van der Waals surface area (Å²) in [6.45, 7) is 8.35. The lowest BCUT2D eigenvalue weighted by Gasteiger charge is -2.29.